The van der Waals surface area contributed by atoms with Crippen LogP contribution in [0.1, 0.15) is 13.3 Å². The Balaban J connectivity index is 3.04. The first kappa shape index (κ1) is 10.4. The SMILES string of the molecule is CCNC(=O)CCNCCN. The van der Waals surface area contributed by atoms with Crippen molar-refractivity contribution in [1.29, 1.82) is 0 Å². The minimum Gasteiger partial charge on any atom is -0.356 e. The molecule has 0 heterocycles. The van der Waals surface area contributed by atoms with E-state index in [2.05, 4.69) is 10.6 Å². The maximum atomic E-state index is 10.8. The molecular weight excluding hydrogens is 142 g/mol. The Labute approximate surface area is 67.5 Å². The van der Waals surface area contributed by atoms with Crippen LogP contribution in [0, 0.1) is 0 Å². The minimum atomic E-state index is 0.0945. The molecule has 0 spiro atoms. The first-order valence-electron chi connectivity index (χ1n) is 3.98. The molecule has 0 saturated heterocycles. The van der Waals surface area contributed by atoms with Crippen LogP contribution in [0.3, 0.4) is 0 Å². The van der Waals surface area contributed by atoms with Gasteiger partial charge in [0.05, 0.1) is 0 Å². The van der Waals surface area contributed by atoms with E-state index in [-0.39, 0.29) is 5.91 Å². The smallest absolute Gasteiger partial charge is 0.221 e. The Morgan fingerprint density at radius 1 is 1.45 bits per heavy atom. The van der Waals surface area contributed by atoms with Crippen molar-refractivity contribution in [2.75, 3.05) is 26.2 Å². The molecule has 0 aliphatic heterocycles. The van der Waals surface area contributed by atoms with Gasteiger partial charge in [-0.15, -0.1) is 0 Å². The van der Waals surface area contributed by atoms with Crippen molar-refractivity contribution in [2.45, 2.75) is 13.3 Å². The number of nitrogens with two attached hydrogens (primary N) is 1. The van der Waals surface area contributed by atoms with Crippen molar-refractivity contribution in [3.05, 3.63) is 0 Å². The Hall–Kier alpha value is -0.610. The predicted molar refractivity (Wildman–Crippen MR) is 45.2 cm³/mol. The third kappa shape index (κ3) is 7.29. The van der Waals surface area contributed by atoms with Crippen LogP contribution in [0.4, 0.5) is 0 Å². The lowest BCUT2D eigenvalue weighted by Crippen LogP contribution is -2.29. The molecule has 66 valence electrons. The molecule has 11 heavy (non-hydrogen) atoms. The van der Waals surface area contributed by atoms with E-state index in [1.54, 1.807) is 0 Å². The standard InChI is InChI=1S/C7H17N3O/c1-2-10-7(11)3-5-9-6-4-8/h9H,2-6,8H2,1H3,(H,10,11). The van der Waals surface area contributed by atoms with Gasteiger partial charge in [-0.3, -0.25) is 4.79 Å². The van der Waals surface area contributed by atoms with Crippen LogP contribution in [0.5, 0.6) is 0 Å². The molecule has 0 radical (unpaired) electrons. The van der Waals surface area contributed by atoms with E-state index in [1.165, 1.54) is 0 Å². The number of rotatable bonds is 6. The van der Waals surface area contributed by atoms with E-state index in [4.69, 9.17) is 5.73 Å². The zero-order chi connectivity index (χ0) is 8.53. The number of hydrogen-bond acceptors (Lipinski definition) is 3. The van der Waals surface area contributed by atoms with Crippen LogP contribution in [0.25, 0.3) is 0 Å². The molecule has 4 heteroatoms. The highest BCUT2D eigenvalue weighted by atomic mass is 16.1. The van der Waals surface area contributed by atoms with Gasteiger partial charge >= 0.3 is 0 Å². The van der Waals surface area contributed by atoms with Crippen molar-refractivity contribution in [3.8, 4) is 0 Å². The summed E-state index contributed by atoms with van der Waals surface area (Å²) in [4.78, 5) is 10.8. The topological polar surface area (TPSA) is 67.2 Å². The van der Waals surface area contributed by atoms with Gasteiger partial charge in [-0.2, -0.15) is 0 Å². The molecule has 0 saturated carbocycles. The van der Waals surface area contributed by atoms with E-state index >= 15 is 0 Å². The van der Waals surface area contributed by atoms with Gasteiger partial charge in [-0.25, -0.2) is 0 Å². The fourth-order valence-corrected chi connectivity index (χ4v) is 0.715. The molecule has 0 rings (SSSR count). The van der Waals surface area contributed by atoms with E-state index in [0.717, 1.165) is 6.54 Å². The van der Waals surface area contributed by atoms with Gasteiger partial charge in [0.25, 0.3) is 0 Å². The third-order valence-electron chi connectivity index (χ3n) is 1.22. The zero-order valence-corrected chi connectivity index (χ0v) is 7.02. The fraction of sp³-hybridized carbons (Fsp3) is 0.857. The summed E-state index contributed by atoms with van der Waals surface area (Å²) in [6, 6.07) is 0. The summed E-state index contributed by atoms with van der Waals surface area (Å²) < 4.78 is 0. The van der Waals surface area contributed by atoms with Crippen molar-refractivity contribution in [2.24, 2.45) is 5.73 Å². The van der Waals surface area contributed by atoms with Gasteiger partial charge in [0.2, 0.25) is 5.91 Å². The van der Waals surface area contributed by atoms with Crippen LogP contribution >= 0.6 is 0 Å². The summed E-state index contributed by atoms with van der Waals surface area (Å²) in [7, 11) is 0. The van der Waals surface area contributed by atoms with Crippen LogP contribution in [0.15, 0.2) is 0 Å². The molecule has 4 N–H and O–H groups in total. The fourth-order valence-electron chi connectivity index (χ4n) is 0.715. The first-order chi connectivity index (χ1) is 5.31. The summed E-state index contributed by atoms with van der Waals surface area (Å²) in [6.45, 7) is 4.72. The summed E-state index contributed by atoms with van der Waals surface area (Å²) in [5.74, 6) is 0.0945. The Morgan fingerprint density at radius 2 is 2.18 bits per heavy atom. The van der Waals surface area contributed by atoms with Gasteiger partial charge in [0, 0.05) is 32.6 Å². The second kappa shape index (κ2) is 7.50. The number of nitrogens with one attached hydrogen (secondary N) is 2. The lowest BCUT2D eigenvalue weighted by atomic mass is 10.4. The molecule has 0 bridgehead atoms. The molecule has 4 nitrogen and oxygen atoms in total. The highest BCUT2D eigenvalue weighted by Crippen LogP contribution is 1.75. The molecule has 0 fully saturated rings. The zero-order valence-electron chi connectivity index (χ0n) is 7.02. The molecule has 0 aromatic rings. The molecule has 0 aromatic heterocycles. The second-order valence-electron chi connectivity index (χ2n) is 2.24. The molecule has 1 amide bonds. The van der Waals surface area contributed by atoms with Crippen LogP contribution in [-0.4, -0.2) is 32.1 Å². The molecule has 0 atom stereocenters. The second-order valence-corrected chi connectivity index (χ2v) is 2.24. The number of amides is 1. The van der Waals surface area contributed by atoms with Crippen LogP contribution in [-0.2, 0) is 4.79 Å². The quantitative estimate of drug-likeness (QED) is 0.438. The van der Waals surface area contributed by atoms with Gasteiger partial charge < -0.3 is 16.4 Å². The average molecular weight is 159 g/mol. The average Bonchev–Trinajstić information content (AvgIpc) is 1.99. The van der Waals surface area contributed by atoms with E-state index in [0.29, 0.717) is 26.1 Å². The van der Waals surface area contributed by atoms with Crippen molar-refractivity contribution >= 4 is 5.91 Å². The largest absolute Gasteiger partial charge is 0.356 e. The Bertz CT molecular complexity index is 106. The molecule has 0 aliphatic carbocycles. The Kier molecular flexibility index (Phi) is 7.08. The van der Waals surface area contributed by atoms with Crippen molar-refractivity contribution < 1.29 is 4.79 Å². The summed E-state index contributed by atoms with van der Waals surface area (Å²) >= 11 is 0. The molecule has 0 unspecified atom stereocenters. The van der Waals surface area contributed by atoms with Gasteiger partial charge in [-0.05, 0) is 6.92 Å². The number of hydrogen-bond donors (Lipinski definition) is 3. The molecular formula is C7H17N3O. The van der Waals surface area contributed by atoms with Gasteiger partial charge in [-0.1, -0.05) is 0 Å². The number of carbonyl (C=O) groups excluding carboxylic acids is 1. The van der Waals surface area contributed by atoms with Gasteiger partial charge in [0.1, 0.15) is 0 Å². The van der Waals surface area contributed by atoms with Gasteiger partial charge in [0.15, 0.2) is 0 Å². The van der Waals surface area contributed by atoms with Crippen molar-refractivity contribution in [1.82, 2.24) is 10.6 Å². The summed E-state index contributed by atoms with van der Waals surface area (Å²) in [5, 5.41) is 5.75. The van der Waals surface area contributed by atoms with E-state index in [1.807, 2.05) is 6.92 Å². The third-order valence-corrected chi connectivity index (χ3v) is 1.22. The molecule has 0 aliphatic rings. The number of carbonyl (C=O) groups is 1. The molecule has 0 aromatic carbocycles. The van der Waals surface area contributed by atoms with Crippen molar-refractivity contribution in [3.63, 3.8) is 0 Å². The summed E-state index contributed by atoms with van der Waals surface area (Å²) in [6.07, 6.45) is 0.536. The first-order valence-corrected chi connectivity index (χ1v) is 3.98. The van der Waals surface area contributed by atoms with Crippen LogP contribution in [0.2, 0.25) is 0 Å². The lowest BCUT2D eigenvalue weighted by Gasteiger charge is -2.02. The Morgan fingerprint density at radius 3 is 2.73 bits per heavy atom. The maximum Gasteiger partial charge on any atom is 0.221 e. The van der Waals surface area contributed by atoms with E-state index < -0.39 is 0 Å². The highest BCUT2D eigenvalue weighted by molar-refractivity contribution is 5.75. The lowest BCUT2D eigenvalue weighted by molar-refractivity contribution is -0.120. The normalized spacial score (nSPS) is 9.64. The maximum absolute atomic E-state index is 10.8. The monoisotopic (exact) mass is 159 g/mol. The van der Waals surface area contributed by atoms with E-state index in [9.17, 15) is 4.79 Å². The van der Waals surface area contributed by atoms with Crippen LogP contribution < -0.4 is 16.4 Å². The minimum absolute atomic E-state index is 0.0945. The predicted octanol–water partition coefficient (Wildman–Crippen LogP) is -0.939. The highest BCUT2D eigenvalue weighted by Gasteiger charge is 1.96. The summed E-state index contributed by atoms with van der Waals surface area (Å²) in [5.41, 5.74) is 5.24.